The molecule has 0 bridgehead atoms. The number of anilines is 2. The van der Waals surface area contributed by atoms with Crippen molar-refractivity contribution in [2.24, 2.45) is 0 Å². The van der Waals surface area contributed by atoms with Crippen molar-refractivity contribution >= 4 is 40.5 Å². The van der Waals surface area contributed by atoms with Crippen LogP contribution in [0.4, 0.5) is 11.4 Å². The number of nitrogens with one attached hydrogen (secondary N) is 1. The Labute approximate surface area is 166 Å². The van der Waals surface area contributed by atoms with Crippen molar-refractivity contribution in [1.82, 2.24) is 0 Å². The highest BCUT2D eigenvalue weighted by Crippen LogP contribution is 2.32. The molecule has 1 heterocycles. The quantitative estimate of drug-likeness (QED) is 0.707. The molecule has 2 aromatic carbocycles. The van der Waals surface area contributed by atoms with Crippen molar-refractivity contribution < 1.29 is 23.2 Å². The molecular weight excluding hydrogens is 392 g/mol. The summed E-state index contributed by atoms with van der Waals surface area (Å²) in [7, 11) is 0.214. The third-order valence-corrected chi connectivity index (χ3v) is 5.16. The predicted molar refractivity (Wildman–Crippen MR) is 107 cm³/mol. The van der Waals surface area contributed by atoms with Gasteiger partial charge in [-0.05, 0) is 30.3 Å². The number of benzene rings is 2. The number of methoxy groups -OCH3 is 1. The molecule has 7 nitrogen and oxygen atoms in total. The van der Waals surface area contributed by atoms with E-state index in [0.717, 1.165) is 0 Å². The lowest BCUT2D eigenvalue weighted by atomic mass is 10.2. The Balaban J connectivity index is 0.00000261. The van der Waals surface area contributed by atoms with Gasteiger partial charge in [0.1, 0.15) is 19.0 Å². The van der Waals surface area contributed by atoms with Gasteiger partial charge in [0.05, 0.1) is 23.6 Å². The second-order valence-electron chi connectivity index (χ2n) is 5.61. The van der Waals surface area contributed by atoms with Gasteiger partial charge >= 0.3 is 0 Å². The van der Waals surface area contributed by atoms with Gasteiger partial charge in [-0.1, -0.05) is 0 Å². The molecule has 0 radical (unpaired) electrons. The maximum atomic E-state index is 12.4. The molecular formula is C18H21ClN2O5S. The number of nitrogens with two attached hydrogens (primary N) is 1. The summed E-state index contributed by atoms with van der Waals surface area (Å²) < 4.78 is 28.4. The Kier molecular flexibility index (Phi) is 7.32. The molecule has 3 N–H and O–H groups in total. The van der Waals surface area contributed by atoms with Crippen molar-refractivity contribution in [2.75, 3.05) is 37.1 Å². The lowest BCUT2D eigenvalue weighted by Crippen LogP contribution is -2.16. The monoisotopic (exact) mass is 412 g/mol. The summed E-state index contributed by atoms with van der Waals surface area (Å²) in [4.78, 5) is 12.7. The highest BCUT2D eigenvalue weighted by Gasteiger charge is 2.15. The molecule has 0 saturated heterocycles. The number of halogens is 1. The molecule has 0 aliphatic carbocycles. The summed E-state index contributed by atoms with van der Waals surface area (Å²) in [6.45, 7) is 0.974. The fourth-order valence-electron chi connectivity index (χ4n) is 2.50. The van der Waals surface area contributed by atoms with E-state index in [4.69, 9.17) is 19.9 Å². The van der Waals surface area contributed by atoms with E-state index >= 15 is 0 Å². The van der Waals surface area contributed by atoms with E-state index in [2.05, 4.69) is 5.32 Å². The SMILES string of the molecule is COc1ccc(NC(=O)CCS(=O)c2ccc3c(c2)OCCO3)cc1N.Cl. The predicted octanol–water partition coefficient (Wildman–Crippen LogP) is 2.61. The van der Waals surface area contributed by atoms with Gasteiger partial charge in [-0.2, -0.15) is 0 Å². The van der Waals surface area contributed by atoms with Gasteiger partial charge in [-0.25, -0.2) is 0 Å². The van der Waals surface area contributed by atoms with Crippen LogP contribution in [0.3, 0.4) is 0 Å². The number of fused-ring (bicyclic) bond motifs is 1. The number of ether oxygens (including phenoxy) is 3. The van der Waals surface area contributed by atoms with Crippen molar-refractivity contribution in [1.29, 1.82) is 0 Å². The van der Waals surface area contributed by atoms with Gasteiger partial charge < -0.3 is 25.3 Å². The molecule has 1 amide bonds. The highest BCUT2D eigenvalue weighted by atomic mass is 35.5. The minimum absolute atomic E-state index is 0. The third-order valence-electron chi connectivity index (χ3n) is 3.80. The summed E-state index contributed by atoms with van der Waals surface area (Å²) in [5.74, 6) is 1.74. The van der Waals surface area contributed by atoms with Crippen LogP contribution in [-0.2, 0) is 15.6 Å². The summed E-state index contributed by atoms with van der Waals surface area (Å²) >= 11 is 0. The average Bonchev–Trinajstić information content (AvgIpc) is 2.66. The van der Waals surface area contributed by atoms with E-state index in [1.807, 2.05) is 0 Å². The summed E-state index contributed by atoms with van der Waals surface area (Å²) in [5, 5.41) is 2.74. The van der Waals surface area contributed by atoms with Gasteiger partial charge in [-0.3, -0.25) is 9.00 Å². The molecule has 2 aromatic rings. The van der Waals surface area contributed by atoms with E-state index < -0.39 is 10.8 Å². The number of amides is 1. The zero-order valence-corrected chi connectivity index (χ0v) is 16.4. The number of rotatable bonds is 6. The molecule has 1 aliphatic heterocycles. The number of hydrogen-bond acceptors (Lipinski definition) is 6. The molecule has 0 saturated carbocycles. The summed E-state index contributed by atoms with van der Waals surface area (Å²) in [5.41, 5.74) is 6.82. The number of carbonyl (C=O) groups is 1. The second kappa shape index (κ2) is 9.48. The lowest BCUT2D eigenvalue weighted by Gasteiger charge is -2.18. The normalized spacial score (nSPS) is 13.2. The molecule has 27 heavy (non-hydrogen) atoms. The maximum Gasteiger partial charge on any atom is 0.225 e. The van der Waals surface area contributed by atoms with Crippen LogP contribution < -0.4 is 25.3 Å². The van der Waals surface area contributed by atoms with Gasteiger partial charge in [0, 0.05) is 28.8 Å². The average molecular weight is 413 g/mol. The third kappa shape index (κ3) is 5.27. The van der Waals surface area contributed by atoms with E-state index in [1.54, 1.807) is 36.4 Å². The number of carbonyl (C=O) groups excluding carboxylic acids is 1. The molecule has 9 heteroatoms. The molecule has 0 spiro atoms. The van der Waals surface area contributed by atoms with Crippen LogP contribution in [0.15, 0.2) is 41.3 Å². The first-order valence-corrected chi connectivity index (χ1v) is 9.40. The van der Waals surface area contributed by atoms with Crippen LogP contribution in [0.1, 0.15) is 6.42 Å². The fourth-order valence-corrected chi connectivity index (χ4v) is 3.57. The molecule has 0 fully saturated rings. The molecule has 0 aromatic heterocycles. The molecule has 1 unspecified atom stereocenters. The Bertz CT molecular complexity index is 846. The van der Waals surface area contributed by atoms with E-state index in [0.29, 0.717) is 46.7 Å². The van der Waals surface area contributed by atoms with Crippen LogP contribution in [0.2, 0.25) is 0 Å². The largest absolute Gasteiger partial charge is 0.495 e. The number of hydrogen-bond donors (Lipinski definition) is 2. The van der Waals surface area contributed by atoms with Crippen molar-refractivity contribution in [3.05, 3.63) is 36.4 Å². The first-order chi connectivity index (χ1) is 12.6. The van der Waals surface area contributed by atoms with Crippen LogP contribution >= 0.6 is 12.4 Å². The second-order valence-corrected chi connectivity index (χ2v) is 7.18. The van der Waals surface area contributed by atoms with Crippen molar-refractivity contribution in [3.63, 3.8) is 0 Å². The highest BCUT2D eigenvalue weighted by molar-refractivity contribution is 7.85. The first-order valence-electron chi connectivity index (χ1n) is 8.08. The fraction of sp³-hybridized carbons (Fsp3) is 0.278. The van der Waals surface area contributed by atoms with E-state index in [-0.39, 0.29) is 30.5 Å². The van der Waals surface area contributed by atoms with E-state index in [1.165, 1.54) is 7.11 Å². The topological polar surface area (TPSA) is 99.9 Å². The van der Waals surface area contributed by atoms with Crippen LogP contribution in [0.5, 0.6) is 17.2 Å². The molecule has 146 valence electrons. The Morgan fingerprint density at radius 3 is 2.63 bits per heavy atom. The van der Waals surface area contributed by atoms with Crippen LogP contribution in [0.25, 0.3) is 0 Å². The standard InChI is InChI=1S/C18H20N2O5S.ClH/c1-23-15-4-2-12(10-14(15)19)20-18(21)6-9-26(22)13-3-5-16-17(11-13)25-8-7-24-16;/h2-5,10-11H,6-9,19H2,1H3,(H,20,21);1H. The van der Waals surface area contributed by atoms with Crippen LogP contribution in [0, 0.1) is 0 Å². The van der Waals surface area contributed by atoms with Crippen molar-refractivity contribution in [2.45, 2.75) is 11.3 Å². The minimum atomic E-state index is -1.31. The zero-order valence-electron chi connectivity index (χ0n) is 14.7. The smallest absolute Gasteiger partial charge is 0.225 e. The zero-order chi connectivity index (χ0) is 18.5. The van der Waals surface area contributed by atoms with Crippen LogP contribution in [-0.4, -0.2) is 36.2 Å². The van der Waals surface area contributed by atoms with Gasteiger partial charge in [0.15, 0.2) is 11.5 Å². The maximum absolute atomic E-state index is 12.4. The Morgan fingerprint density at radius 1 is 1.19 bits per heavy atom. The summed E-state index contributed by atoms with van der Waals surface area (Å²) in [6.07, 6.45) is 0.118. The molecule has 1 aliphatic rings. The van der Waals surface area contributed by atoms with Crippen molar-refractivity contribution in [3.8, 4) is 17.2 Å². The molecule has 3 rings (SSSR count). The Hall–Kier alpha value is -2.45. The lowest BCUT2D eigenvalue weighted by molar-refractivity contribution is -0.115. The first kappa shape index (κ1) is 20.9. The number of nitrogen functional groups attached to an aromatic ring is 1. The van der Waals surface area contributed by atoms with E-state index in [9.17, 15) is 9.00 Å². The van der Waals surface area contributed by atoms with Gasteiger partial charge in [0.25, 0.3) is 0 Å². The van der Waals surface area contributed by atoms with Gasteiger partial charge in [0.2, 0.25) is 5.91 Å². The van der Waals surface area contributed by atoms with Gasteiger partial charge in [-0.15, -0.1) is 12.4 Å². The Morgan fingerprint density at radius 2 is 1.93 bits per heavy atom. The minimum Gasteiger partial charge on any atom is -0.495 e. The summed E-state index contributed by atoms with van der Waals surface area (Å²) in [6, 6.07) is 10.2. The molecule has 1 atom stereocenters.